The molecule has 1 aliphatic carbocycles. The van der Waals surface area contributed by atoms with Gasteiger partial charge in [-0.05, 0) is 65.8 Å². The quantitative estimate of drug-likeness (QED) is 0.381. The molecule has 2 aromatic heterocycles. The molecule has 3 N–H and O–H groups in total. The number of amides is 2. The van der Waals surface area contributed by atoms with Gasteiger partial charge < -0.3 is 10.6 Å². The molecule has 0 saturated heterocycles. The Labute approximate surface area is 205 Å². The molecule has 0 fully saturated rings. The average molecular weight is 487 g/mol. The first-order valence-corrected chi connectivity index (χ1v) is 11.4. The van der Waals surface area contributed by atoms with Gasteiger partial charge in [-0.3, -0.25) is 9.59 Å². The van der Waals surface area contributed by atoms with Crippen LogP contribution in [0.1, 0.15) is 61.3 Å². The fourth-order valence-corrected chi connectivity index (χ4v) is 4.48. The normalized spacial score (nSPS) is 14.4. The lowest BCUT2D eigenvalue weighted by atomic mass is 9.97. The van der Waals surface area contributed by atoms with Gasteiger partial charge in [0.05, 0.1) is 6.04 Å². The number of hydrogen-bond acceptors (Lipinski definition) is 7. The first kappa shape index (κ1) is 23.2. The first-order valence-electron chi connectivity index (χ1n) is 11.4. The van der Waals surface area contributed by atoms with E-state index in [1.807, 2.05) is 19.1 Å². The maximum absolute atomic E-state index is 13.5. The van der Waals surface area contributed by atoms with E-state index in [2.05, 4.69) is 41.2 Å². The Hall–Kier alpha value is -4.54. The lowest BCUT2D eigenvalue weighted by molar-refractivity contribution is 0.0931. The average Bonchev–Trinajstić information content (AvgIpc) is 3.56. The minimum atomic E-state index is -0.454. The van der Waals surface area contributed by atoms with E-state index in [0.29, 0.717) is 11.4 Å². The number of H-pyrrole nitrogens is 1. The molecule has 182 valence electrons. The van der Waals surface area contributed by atoms with Crippen LogP contribution in [0, 0.1) is 19.7 Å². The molecule has 1 aliphatic rings. The Kier molecular flexibility index (Phi) is 6.19. The third-order valence-electron chi connectivity index (χ3n) is 6.39. The lowest BCUT2D eigenvalue weighted by Crippen LogP contribution is -2.29. The van der Waals surface area contributed by atoms with Crippen LogP contribution in [0.15, 0.2) is 42.7 Å². The van der Waals surface area contributed by atoms with Crippen molar-refractivity contribution in [1.29, 1.82) is 0 Å². The Bertz CT molecular complexity index is 1450. The molecule has 0 saturated carbocycles. The highest BCUT2D eigenvalue weighted by atomic mass is 19.1. The Morgan fingerprint density at radius 1 is 1.08 bits per heavy atom. The molecule has 0 bridgehead atoms. The molecule has 0 aliphatic heterocycles. The molecule has 2 aromatic carbocycles. The SMILES string of the molecule is Cc1cc(CNC(=O)c2cc(C(=O)N[C@H]3CCc4c3ccc(-c3nn[nH]n3)c4C)ncn2)ccc1F. The summed E-state index contributed by atoms with van der Waals surface area (Å²) in [6, 6.07) is 9.72. The molecule has 2 amide bonds. The number of aryl methyl sites for hydroxylation is 1. The molecular formula is C25H23FN8O2. The molecule has 10 nitrogen and oxygen atoms in total. The maximum Gasteiger partial charge on any atom is 0.270 e. The van der Waals surface area contributed by atoms with Gasteiger partial charge in [0.1, 0.15) is 23.5 Å². The van der Waals surface area contributed by atoms with Crippen molar-refractivity contribution in [3.05, 3.63) is 87.7 Å². The summed E-state index contributed by atoms with van der Waals surface area (Å²) < 4.78 is 13.5. The van der Waals surface area contributed by atoms with Gasteiger partial charge >= 0.3 is 0 Å². The second kappa shape index (κ2) is 9.61. The highest BCUT2D eigenvalue weighted by molar-refractivity contribution is 5.97. The number of tetrazole rings is 1. The van der Waals surface area contributed by atoms with Crippen molar-refractivity contribution in [3.63, 3.8) is 0 Å². The van der Waals surface area contributed by atoms with Crippen LogP contribution in [-0.2, 0) is 13.0 Å². The van der Waals surface area contributed by atoms with Crippen molar-refractivity contribution < 1.29 is 14.0 Å². The minimum absolute atomic E-state index is 0.0707. The molecular weight excluding hydrogens is 463 g/mol. The highest BCUT2D eigenvalue weighted by Gasteiger charge is 2.28. The molecule has 4 aromatic rings. The number of halogens is 1. The van der Waals surface area contributed by atoms with E-state index in [-0.39, 0.29) is 29.8 Å². The van der Waals surface area contributed by atoms with Crippen LogP contribution in [0.2, 0.25) is 0 Å². The van der Waals surface area contributed by atoms with Crippen molar-refractivity contribution in [1.82, 2.24) is 41.2 Å². The molecule has 2 heterocycles. The van der Waals surface area contributed by atoms with E-state index in [1.54, 1.807) is 19.1 Å². The number of benzene rings is 2. The summed E-state index contributed by atoms with van der Waals surface area (Å²) in [7, 11) is 0. The van der Waals surface area contributed by atoms with Crippen molar-refractivity contribution >= 4 is 11.8 Å². The summed E-state index contributed by atoms with van der Waals surface area (Å²) in [4.78, 5) is 33.6. The van der Waals surface area contributed by atoms with Crippen LogP contribution in [-0.4, -0.2) is 42.4 Å². The highest BCUT2D eigenvalue weighted by Crippen LogP contribution is 2.36. The smallest absolute Gasteiger partial charge is 0.270 e. The molecule has 1 atom stereocenters. The van der Waals surface area contributed by atoms with E-state index >= 15 is 0 Å². The van der Waals surface area contributed by atoms with Gasteiger partial charge in [-0.25, -0.2) is 14.4 Å². The van der Waals surface area contributed by atoms with Gasteiger partial charge in [0, 0.05) is 18.2 Å². The van der Waals surface area contributed by atoms with Crippen LogP contribution >= 0.6 is 0 Å². The Morgan fingerprint density at radius 3 is 2.64 bits per heavy atom. The van der Waals surface area contributed by atoms with Gasteiger partial charge in [0.15, 0.2) is 0 Å². The summed E-state index contributed by atoms with van der Waals surface area (Å²) in [5.41, 5.74) is 5.57. The third kappa shape index (κ3) is 4.54. The number of carbonyl (C=O) groups excluding carboxylic acids is 2. The van der Waals surface area contributed by atoms with Crippen LogP contribution in [0.3, 0.4) is 0 Å². The monoisotopic (exact) mass is 486 g/mol. The van der Waals surface area contributed by atoms with Gasteiger partial charge in [-0.2, -0.15) is 5.21 Å². The predicted octanol–water partition coefficient (Wildman–Crippen LogP) is 2.76. The standard InChI is InChI=1S/C25H23FN8O2/c1-13-9-15(3-7-19(13)26)11-27-24(35)21-10-22(29-12-28-21)25(36)30-20-8-6-16-14(2)17(4-5-18(16)20)23-31-33-34-32-23/h3-5,7,9-10,12,20H,6,8,11H2,1-2H3,(H,27,35)(H,30,36)(H,31,32,33,34)/t20-/m0/s1. The van der Waals surface area contributed by atoms with E-state index in [0.717, 1.165) is 40.7 Å². The van der Waals surface area contributed by atoms with Crippen LogP contribution in [0.4, 0.5) is 4.39 Å². The number of aromatic nitrogens is 6. The van der Waals surface area contributed by atoms with Crippen LogP contribution < -0.4 is 10.6 Å². The van der Waals surface area contributed by atoms with Crippen molar-refractivity contribution in [2.24, 2.45) is 0 Å². The number of carbonyl (C=O) groups is 2. The van der Waals surface area contributed by atoms with Crippen molar-refractivity contribution in [2.75, 3.05) is 0 Å². The third-order valence-corrected chi connectivity index (χ3v) is 6.39. The van der Waals surface area contributed by atoms with E-state index in [1.165, 1.54) is 18.5 Å². The second-order valence-electron chi connectivity index (χ2n) is 8.66. The summed E-state index contributed by atoms with van der Waals surface area (Å²) in [5.74, 6) is -0.615. The summed E-state index contributed by atoms with van der Waals surface area (Å²) >= 11 is 0. The van der Waals surface area contributed by atoms with Gasteiger partial charge in [0.2, 0.25) is 5.82 Å². The van der Waals surface area contributed by atoms with Gasteiger partial charge in [-0.1, -0.05) is 24.3 Å². The number of rotatable bonds is 6. The predicted molar refractivity (Wildman–Crippen MR) is 127 cm³/mol. The maximum atomic E-state index is 13.5. The second-order valence-corrected chi connectivity index (χ2v) is 8.66. The lowest BCUT2D eigenvalue weighted by Gasteiger charge is -2.15. The Balaban J connectivity index is 1.26. The van der Waals surface area contributed by atoms with E-state index < -0.39 is 11.8 Å². The van der Waals surface area contributed by atoms with Gasteiger partial charge in [-0.15, -0.1) is 10.2 Å². The summed E-state index contributed by atoms with van der Waals surface area (Å²) in [5, 5.41) is 20.0. The van der Waals surface area contributed by atoms with Crippen LogP contribution in [0.5, 0.6) is 0 Å². The molecule has 0 radical (unpaired) electrons. The van der Waals surface area contributed by atoms with E-state index in [4.69, 9.17) is 0 Å². The summed E-state index contributed by atoms with van der Waals surface area (Å²) in [6.45, 7) is 3.87. The fourth-order valence-electron chi connectivity index (χ4n) is 4.48. The fraction of sp³-hybridized carbons (Fsp3) is 0.240. The van der Waals surface area contributed by atoms with E-state index in [9.17, 15) is 14.0 Å². The zero-order valence-electron chi connectivity index (χ0n) is 19.7. The molecule has 5 rings (SSSR count). The Morgan fingerprint density at radius 2 is 1.89 bits per heavy atom. The number of nitrogens with zero attached hydrogens (tertiary/aromatic N) is 5. The first-order chi connectivity index (χ1) is 17.4. The molecule has 11 heteroatoms. The molecule has 36 heavy (non-hydrogen) atoms. The van der Waals surface area contributed by atoms with Gasteiger partial charge in [0.25, 0.3) is 11.8 Å². The van der Waals surface area contributed by atoms with Crippen LogP contribution in [0.25, 0.3) is 11.4 Å². The number of fused-ring (bicyclic) bond motifs is 1. The zero-order valence-corrected chi connectivity index (χ0v) is 19.7. The largest absolute Gasteiger partial charge is 0.347 e. The zero-order chi connectivity index (χ0) is 25.2. The summed E-state index contributed by atoms with van der Waals surface area (Å²) in [6.07, 6.45) is 2.74. The minimum Gasteiger partial charge on any atom is -0.347 e. The van der Waals surface area contributed by atoms with Crippen molar-refractivity contribution in [3.8, 4) is 11.4 Å². The number of aromatic amines is 1. The molecule has 0 unspecified atom stereocenters. The topological polar surface area (TPSA) is 138 Å². The molecule has 0 spiro atoms. The number of hydrogen-bond donors (Lipinski definition) is 3. The van der Waals surface area contributed by atoms with Crippen molar-refractivity contribution in [2.45, 2.75) is 39.3 Å². The number of nitrogens with one attached hydrogen (secondary N) is 3.